The van der Waals surface area contributed by atoms with Gasteiger partial charge in [-0.2, -0.15) is 0 Å². The van der Waals surface area contributed by atoms with Crippen molar-refractivity contribution in [2.75, 3.05) is 5.73 Å². The molecular formula is C15H17N5O3. The molecule has 0 radical (unpaired) electrons. The molecule has 3 rings (SSSR count). The Kier molecular flexibility index (Phi) is 3.73. The molecule has 8 heteroatoms. The van der Waals surface area contributed by atoms with Gasteiger partial charge in [-0.25, -0.2) is 4.98 Å². The van der Waals surface area contributed by atoms with Crippen molar-refractivity contribution in [3.63, 3.8) is 0 Å². The third kappa shape index (κ3) is 3.01. The molecule has 0 unspecified atom stereocenters. The normalized spacial score (nSPS) is 16.7. The van der Waals surface area contributed by atoms with Crippen molar-refractivity contribution < 1.29 is 9.72 Å². The van der Waals surface area contributed by atoms with E-state index in [1.54, 1.807) is 0 Å². The molecule has 0 saturated heterocycles. The van der Waals surface area contributed by atoms with Gasteiger partial charge in [0.2, 0.25) is 0 Å². The fourth-order valence-corrected chi connectivity index (χ4v) is 2.82. The molecule has 2 heterocycles. The van der Waals surface area contributed by atoms with Gasteiger partial charge in [-0.15, -0.1) is 0 Å². The second kappa shape index (κ2) is 5.71. The number of benzene rings is 1. The van der Waals surface area contributed by atoms with Gasteiger partial charge in [0, 0.05) is 43.0 Å². The smallest absolute Gasteiger partial charge is 0.270 e. The van der Waals surface area contributed by atoms with Crippen LogP contribution in [0.4, 0.5) is 11.4 Å². The lowest BCUT2D eigenvalue weighted by atomic mass is 10.1. The summed E-state index contributed by atoms with van der Waals surface area (Å²) >= 11 is 0. The lowest BCUT2D eigenvalue weighted by Crippen LogP contribution is -2.41. The molecule has 120 valence electrons. The van der Waals surface area contributed by atoms with Crippen molar-refractivity contribution in [1.82, 2.24) is 14.9 Å². The predicted octanol–water partition coefficient (Wildman–Crippen LogP) is 1.43. The highest BCUT2D eigenvalue weighted by molar-refractivity contribution is 5.99. The molecule has 0 saturated carbocycles. The highest BCUT2D eigenvalue weighted by atomic mass is 16.6. The van der Waals surface area contributed by atoms with Crippen LogP contribution < -0.4 is 11.1 Å². The molecule has 1 aliphatic rings. The van der Waals surface area contributed by atoms with E-state index < -0.39 is 10.8 Å². The van der Waals surface area contributed by atoms with Crippen molar-refractivity contribution in [2.24, 2.45) is 0 Å². The van der Waals surface area contributed by atoms with E-state index in [-0.39, 0.29) is 23.0 Å². The molecule has 0 spiro atoms. The number of hydrogen-bond donors (Lipinski definition) is 2. The van der Waals surface area contributed by atoms with Crippen LogP contribution >= 0.6 is 0 Å². The molecule has 1 atom stereocenters. The molecular weight excluding hydrogens is 298 g/mol. The maximum Gasteiger partial charge on any atom is 0.270 e. The Balaban J connectivity index is 1.75. The number of aryl methyl sites for hydroxylation is 2. The van der Waals surface area contributed by atoms with Crippen molar-refractivity contribution in [3.05, 3.63) is 51.6 Å². The number of nitro groups is 1. The summed E-state index contributed by atoms with van der Waals surface area (Å²) in [6, 6.07) is 3.82. The number of non-ortho nitro benzene ring substituents is 1. The number of nitro benzene ring substituents is 1. The van der Waals surface area contributed by atoms with E-state index in [9.17, 15) is 14.9 Å². The molecule has 8 nitrogen and oxygen atoms in total. The van der Waals surface area contributed by atoms with Gasteiger partial charge in [0.15, 0.2) is 0 Å². The van der Waals surface area contributed by atoms with Crippen LogP contribution in [0.15, 0.2) is 24.4 Å². The highest BCUT2D eigenvalue weighted by Gasteiger charge is 2.23. The Bertz CT molecular complexity index is 783. The zero-order valence-corrected chi connectivity index (χ0v) is 12.7. The summed E-state index contributed by atoms with van der Waals surface area (Å²) in [5, 5.41) is 13.7. The van der Waals surface area contributed by atoms with E-state index in [1.807, 2.05) is 17.7 Å². The van der Waals surface area contributed by atoms with E-state index in [0.717, 1.165) is 24.4 Å². The topological polar surface area (TPSA) is 116 Å². The Morgan fingerprint density at radius 3 is 3.04 bits per heavy atom. The van der Waals surface area contributed by atoms with Crippen LogP contribution in [0.3, 0.4) is 0 Å². The number of anilines is 1. The second-order valence-corrected chi connectivity index (χ2v) is 5.69. The van der Waals surface area contributed by atoms with Gasteiger partial charge < -0.3 is 15.6 Å². The zero-order valence-electron chi connectivity index (χ0n) is 12.7. The van der Waals surface area contributed by atoms with Gasteiger partial charge in [-0.3, -0.25) is 14.9 Å². The van der Waals surface area contributed by atoms with E-state index in [2.05, 4.69) is 10.3 Å². The minimum absolute atomic E-state index is 0.0535. The average molecular weight is 315 g/mol. The summed E-state index contributed by atoms with van der Waals surface area (Å²) in [7, 11) is 0. The molecule has 0 bridgehead atoms. The number of carbonyl (C=O) groups excluding carboxylic acids is 1. The molecule has 23 heavy (non-hydrogen) atoms. The Labute approximate surface area is 132 Å². The molecule has 1 aliphatic heterocycles. The number of aromatic nitrogens is 2. The summed E-state index contributed by atoms with van der Waals surface area (Å²) in [6.07, 6.45) is 3.51. The monoisotopic (exact) mass is 315 g/mol. The molecule has 1 amide bonds. The minimum Gasteiger partial charge on any atom is -0.398 e. The van der Waals surface area contributed by atoms with Crippen molar-refractivity contribution >= 4 is 17.3 Å². The first kappa shape index (κ1) is 15.0. The van der Waals surface area contributed by atoms with E-state index in [1.165, 1.54) is 18.2 Å². The summed E-state index contributed by atoms with van der Waals surface area (Å²) in [5.74, 6) is 0.624. The largest absolute Gasteiger partial charge is 0.398 e. The van der Waals surface area contributed by atoms with E-state index in [0.29, 0.717) is 6.54 Å². The highest BCUT2D eigenvalue weighted by Crippen LogP contribution is 2.21. The quantitative estimate of drug-likeness (QED) is 0.505. The summed E-state index contributed by atoms with van der Waals surface area (Å²) in [5.41, 5.74) is 6.93. The Hall–Kier alpha value is -2.90. The molecule has 2 aromatic rings. The van der Waals surface area contributed by atoms with Gasteiger partial charge in [-0.05, 0) is 19.4 Å². The Morgan fingerprint density at radius 2 is 2.30 bits per heavy atom. The number of hydrogen-bond acceptors (Lipinski definition) is 5. The predicted molar refractivity (Wildman–Crippen MR) is 84.0 cm³/mol. The third-order valence-corrected chi connectivity index (χ3v) is 3.94. The van der Waals surface area contributed by atoms with Gasteiger partial charge in [0.05, 0.1) is 16.2 Å². The first-order valence-electron chi connectivity index (χ1n) is 7.31. The van der Waals surface area contributed by atoms with Crippen molar-refractivity contribution in [3.8, 4) is 0 Å². The van der Waals surface area contributed by atoms with Gasteiger partial charge >= 0.3 is 0 Å². The van der Waals surface area contributed by atoms with Crippen LogP contribution in [0, 0.1) is 17.0 Å². The number of fused-ring (bicyclic) bond motifs is 1. The van der Waals surface area contributed by atoms with E-state index in [4.69, 9.17) is 5.73 Å². The number of nitrogens with zero attached hydrogens (tertiary/aromatic N) is 3. The lowest BCUT2D eigenvalue weighted by Gasteiger charge is -2.24. The summed E-state index contributed by atoms with van der Waals surface area (Å²) in [6.45, 7) is 2.57. The van der Waals surface area contributed by atoms with Gasteiger partial charge in [0.1, 0.15) is 5.82 Å². The van der Waals surface area contributed by atoms with Crippen LogP contribution in [0.2, 0.25) is 0 Å². The Morgan fingerprint density at radius 1 is 1.52 bits per heavy atom. The van der Waals surface area contributed by atoms with Crippen LogP contribution in [-0.4, -0.2) is 26.4 Å². The number of nitrogens with two attached hydrogens (primary N) is 1. The van der Waals surface area contributed by atoms with Crippen LogP contribution in [-0.2, 0) is 13.0 Å². The summed E-state index contributed by atoms with van der Waals surface area (Å²) in [4.78, 5) is 27.1. The van der Waals surface area contributed by atoms with Crippen LogP contribution in [0.5, 0.6) is 0 Å². The number of rotatable bonds is 3. The first-order chi connectivity index (χ1) is 10.9. The molecule has 3 N–H and O–H groups in total. The first-order valence-corrected chi connectivity index (χ1v) is 7.31. The number of nitrogens with one attached hydrogen (secondary N) is 1. The summed E-state index contributed by atoms with van der Waals surface area (Å²) < 4.78 is 2.03. The molecule has 0 fully saturated rings. The number of imidazole rings is 1. The van der Waals surface area contributed by atoms with Crippen LogP contribution in [0.25, 0.3) is 0 Å². The number of amides is 1. The van der Waals surface area contributed by atoms with E-state index >= 15 is 0 Å². The maximum atomic E-state index is 12.4. The fourth-order valence-electron chi connectivity index (χ4n) is 2.82. The van der Waals surface area contributed by atoms with Crippen LogP contribution in [0.1, 0.15) is 28.3 Å². The van der Waals surface area contributed by atoms with Crippen molar-refractivity contribution in [2.45, 2.75) is 32.4 Å². The zero-order chi connectivity index (χ0) is 16.6. The second-order valence-electron chi connectivity index (χ2n) is 5.69. The number of nitrogen functional groups attached to an aromatic ring is 1. The van der Waals surface area contributed by atoms with Crippen molar-refractivity contribution in [1.29, 1.82) is 0 Å². The fraction of sp³-hybridized carbons (Fsp3) is 0.333. The minimum atomic E-state index is -0.544. The molecule has 1 aromatic heterocycles. The van der Waals surface area contributed by atoms with Gasteiger partial charge in [-0.1, -0.05) is 0 Å². The molecule has 0 aliphatic carbocycles. The van der Waals surface area contributed by atoms with Gasteiger partial charge in [0.25, 0.3) is 11.6 Å². The average Bonchev–Trinajstić information content (AvgIpc) is 2.86. The number of carbonyl (C=O) groups is 1. The SMILES string of the molecule is Cc1cn2c(n1)CC[C@H](NC(=O)c1cc([N+](=O)[O-])ccc1N)C2. The third-order valence-electron chi connectivity index (χ3n) is 3.94. The molecule has 1 aromatic carbocycles. The maximum absolute atomic E-state index is 12.4. The lowest BCUT2D eigenvalue weighted by molar-refractivity contribution is -0.384. The standard InChI is InChI=1S/C15H17N5O3/c1-9-7-19-8-10(2-5-14(19)17-9)18-15(21)12-6-11(20(22)23)3-4-13(12)16/h3-4,6-7,10H,2,5,8,16H2,1H3,(H,18,21)/t10-/m0/s1.